The van der Waals surface area contributed by atoms with E-state index >= 15 is 0 Å². The Morgan fingerprint density at radius 3 is 2.81 bits per heavy atom. The van der Waals surface area contributed by atoms with Crippen LogP contribution < -0.4 is 10.6 Å². The summed E-state index contributed by atoms with van der Waals surface area (Å²) in [5, 5.41) is 9.83. The number of benzene rings is 2. The van der Waals surface area contributed by atoms with Gasteiger partial charge in [-0.25, -0.2) is 0 Å². The second-order valence-corrected chi connectivity index (χ2v) is 5.70. The normalized spacial score (nSPS) is 11.5. The van der Waals surface area contributed by atoms with E-state index in [1.54, 1.807) is 24.3 Å². The fourth-order valence-corrected chi connectivity index (χ4v) is 2.34. The number of terminal acetylenes is 1. The highest BCUT2D eigenvalue weighted by Gasteiger charge is 2.16. The predicted octanol–water partition coefficient (Wildman–Crippen LogP) is 3.01. The summed E-state index contributed by atoms with van der Waals surface area (Å²) in [5.41, 5.74) is 2.24. The largest absolute Gasteiger partial charge is 0.337 e. The van der Waals surface area contributed by atoms with Gasteiger partial charge in [-0.1, -0.05) is 47.5 Å². The molecule has 3 aromatic rings. The molecule has 1 aromatic heterocycles. The molecule has 0 bridgehead atoms. The number of nitrogens with zero attached hydrogens (tertiary/aromatic N) is 2. The van der Waals surface area contributed by atoms with E-state index in [9.17, 15) is 4.79 Å². The van der Waals surface area contributed by atoms with E-state index in [0.29, 0.717) is 23.0 Å². The maximum absolute atomic E-state index is 12.1. The molecule has 1 atom stereocenters. The van der Waals surface area contributed by atoms with E-state index in [4.69, 9.17) is 10.9 Å². The molecule has 6 heteroatoms. The Morgan fingerprint density at radius 1 is 1.23 bits per heavy atom. The summed E-state index contributed by atoms with van der Waals surface area (Å²) in [6.45, 7) is 1.96. The number of hydrogen-bond acceptors (Lipinski definition) is 5. The Labute approximate surface area is 151 Å². The minimum atomic E-state index is -0.261. The van der Waals surface area contributed by atoms with Crippen molar-refractivity contribution in [2.24, 2.45) is 0 Å². The van der Waals surface area contributed by atoms with Crippen LogP contribution >= 0.6 is 0 Å². The van der Waals surface area contributed by atoms with Crippen LogP contribution in [0.4, 0.5) is 5.69 Å². The van der Waals surface area contributed by atoms with Gasteiger partial charge in [0.2, 0.25) is 17.6 Å². The number of hydrogen-bond donors (Lipinski definition) is 2. The second-order valence-electron chi connectivity index (χ2n) is 5.70. The van der Waals surface area contributed by atoms with Gasteiger partial charge in [0.1, 0.15) is 0 Å². The summed E-state index contributed by atoms with van der Waals surface area (Å²) in [5.74, 6) is 3.29. The molecule has 130 valence electrons. The van der Waals surface area contributed by atoms with Crippen LogP contribution in [0, 0.1) is 12.3 Å². The smallest absolute Gasteiger partial charge is 0.243 e. The van der Waals surface area contributed by atoms with Crippen LogP contribution in [0.1, 0.15) is 24.4 Å². The van der Waals surface area contributed by atoms with Gasteiger partial charge in [0.15, 0.2) is 0 Å². The first-order chi connectivity index (χ1) is 12.7. The Kier molecular flexibility index (Phi) is 5.42. The molecule has 0 saturated carbocycles. The van der Waals surface area contributed by atoms with Crippen LogP contribution in [0.15, 0.2) is 59.1 Å². The first-order valence-electron chi connectivity index (χ1n) is 8.14. The molecule has 1 amide bonds. The lowest BCUT2D eigenvalue weighted by atomic mass is 10.2. The third kappa shape index (κ3) is 4.35. The molecular formula is C20H18N4O2. The number of aromatic nitrogens is 2. The first kappa shape index (κ1) is 17.4. The Balaban J connectivity index is 1.55. The molecule has 0 fully saturated rings. The maximum atomic E-state index is 12.1. The maximum Gasteiger partial charge on any atom is 0.243 e. The predicted molar refractivity (Wildman–Crippen MR) is 99.2 cm³/mol. The van der Waals surface area contributed by atoms with Crippen LogP contribution in [-0.4, -0.2) is 22.6 Å². The molecule has 0 saturated heterocycles. The molecule has 0 spiro atoms. The van der Waals surface area contributed by atoms with E-state index in [2.05, 4.69) is 26.7 Å². The number of carbonyl (C=O) groups is 1. The topological polar surface area (TPSA) is 80.0 Å². The van der Waals surface area contributed by atoms with E-state index in [-0.39, 0.29) is 18.5 Å². The zero-order chi connectivity index (χ0) is 18.4. The van der Waals surface area contributed by atoms with E-state index < -0.39 is 0 Å². The van der Waals surface area contributed by atoms with Crippen molar-refractivity contribution in [2.45, 2.75) is 13.0 Å². The van der Waals surface area contributed by atoms with Crippen molar-refractivity contribution in [1.29, 1.82) is 0 Å². The van der Waals surface area contributed by atoms with Gasteiger partial charge in [-0.05, 0) is 25.1 Å². The van der Waals surface area contributed by atoms with Crippen molar-refractivity contribution in [3.8, 4) is 23.7 Å². The van der Waals surface area contributed by atoms with Crippen LogP contribution in [0.2, 0.25) is 0 Å². The molecule has 2 N–H and O–H groups in total. The quantitative estimate of drug-likeness (QED) is 0.671. The van der Waals surface area contributed by atoms with Crippen LogP contribution in [0.25, 0.3) is 11.4 Å². The number of rotatable bonds is 6. The standard InChI is InChI=1S/C20H18N4O2/c1-3-15-8-7-11-17(12-15)22-18(25)13-21-14(2)20-23-19(24-26-20)16-9-5-4-6-10-16/h1,4-12,14,21H,13H2,2H3,(H,22,25). The summed E-state index contributed by atoms with van der Waals surface area (Å²) in [6.07, 6.45) is 5.36. The monoisotopic (exact) mass is 346 g/mol. The summed E-state index contributed by atoms with van der Waals surface area (Å²) >= 11 is 0. The summed E-state index contributed by atoms with van der Waals surface area (Å²) < 4.78 is 5.28. The minimum Gasteiger partial charge on any atom is -0.337 e. The lowest BCUT2D eigenvalue weighted by Crippen LogP contribution is -2.30. The number of carbonyl (C=O) groups excluding carboxylic acids is 1. The van der Waals surface area contributed by atoms with Gasteiger partial charge < -0.3 is 9.84 Å². The third-order valence-corrected chi connectivity index (χ3v) is 3.73. The minimum absolute atomic E-state index is 0.102. The SMILES string of the molecule is C#Cc1cccc(NC(=O)CNC(C)c2nc(-c3ccccc3)no2)c1. The molecule has 6 nitrogen and oxygen atoms in total. The molecule has 26 heavy (non-hydrogen) atoms. The molecule has 0 aliphatic rings. The summed E-state index contributed by atoms with van der Waals surface area (Å²) in [7, 11) is 0. The molecule has 1 heterocycles. The first-order valence-corrected chi connectivity index (χ1v) is 8.14. The number of nitrogens with one attached hydrogen (secondary N) is 2. The van der Waals surface area contributed by atoms with Crippen molar-refractivity contribution in [3.63, 3.8) is 0 Å². The number of anilines is 1. The highest BCUT2D eigenvalue weighted by Crippen LogP contribution is 2.18. The molecule has 0 aliphatic carbocycles. The average Bonchev–Trinajstić information content (AvgIpc) is 3.17. The molecule has 3 rings (SSSR count). The van der Waals surface area contributed by atoms with E-state index in [1.165, 1.54) is 0 Å². The Hall–Kier alpha value is -3.43. The third-order valence-electron chi connectivity index (χ3n) is 3.73. The zero-order valence-electron chi connectivity index (χ0n) is 14.3. The fourth-order valence-electron chi connectivity index (χ4n) is 2.34. The van der Waals surface area contributed by atoms with Gasteiger partial charge in [-0.2, -0.15) is 4.98 Å². The molecule has 1 unspecified atom stereocenters. The summed E-state index contributed by atoms with van der Waals surface area (Å²) in [4.78, 5) is 16.5. The number of amides is 1. The van der Waals surface area contributed by atoms with Gasteiger partial charge in [0.05, 0.1) is 12.6 Å². The second kappa shape index (κ2) is 8.10. The van der Waals surface area contributed by atoms with Crippen molar-refractivity contribution >= 4 is 11.6 Å². The van der Waals surface area contributed by atoms with Gasteiger partial charge in [0, 0.05) is 16.8 Å². The van der Waals surface area contributed by atoms with Gasteiger partial charge >= 0.3 is 0 Å². The van der Waals surface area contributed by atoms with Crippen LogP contribution in [-0.2, 0) is 4.79 Å². The Bertz CT molecular complexity index is 928. The van der Waals surface area contributed by atoms with Crippen molar-refractivity contribution in [3.05, 3.63) is 66.1 Å². The highest BCUT2D eigenvalue weighted by atomic mass is 16.5. The zero-order valence-corrected chi connectivity index (χ0v) is 14.3. The van der Waals surface area contributed by atoms with Gasteiger partial charge in [-0.3, -0.25) is 10.1 Å². The Morgan fingerprint density at radius 2 is 2.04 bits per heavy atom. The summed E-state index contributed by atoms with van der Waals surface area (Å²) in [6, 6.07) is 16.4. The van der Waals surface area contributed by atoms with Crippen molar-refractivity contribution < 1.29 is 9.32 Å². The molecule has 0 aliphatic heterocycles. The van der Waals surface area contributed by atoms with E-state index in [1.807, 2.05) is 37.3 Å². The van der Waals surface area contributed by atoms with Crippen LogP contribution in [0.5, 0.6) is 0 Å². The average molecular weight is 346 g/mol. The lowest BCUT2D eigenvalue weighted by molar-refractivity contribution is -0.115. The van der Waals surface area contributed by atoms with Gasteiger partial charge in [0.25, 0.3) is 0 Å². The van der Waals surface area contributed by atoms with Crippen molar-refractivity contribution in [1.82, 2.24) is 15.5 Å². The fraction of sp³-hybridized carbons (Fsp3) is 0.150. The molecular weight excluding hydrogens is 328 g/mol. The molecule has 0 radical (unpaired) electrons. The van der Waals surface area contributed by atoms with Gasteiger partial charge in [-0.15, -0.1) is 6.42 Å². The molecule has 2 aromatic carbocycles. The highest BCUT2D eigenvalue weighted by molar-refractivity contribution is 5.92. The lowest BCUT2D eigenvalue weighted by Gasteiger charge is -2.10. The van der Waals surface area contributed by atoms with Crippen molar-refractivity contribution in [2.75, 3.05) is 11.9 Å². The van der Waals surface area contributed by atoms with E-state index in [0.717, 1.165) is 5.56 Å². The van der Waals surface area contributed by atoms with Crippen LogP contribution in [0.3, 0.4) is 0 Å².